The first-order valence-corrected chi connectivity index (χ1v) is 6.13. The second-order valence-electron chi connectivity index (χ2n) is 4.86. The summed E-state index contributed by atoms with van der Waals surface area (Å²) in [5.74, 6) is 0.943. The molecule has 0 spiro atoms. The van der Waals surface area contributed by atoms with Crippen LogP contribution in [0.4, 0.5) is 0 Å². The average Bonchev–Trinajstić information content (AvgIpc) is 2.17. The maximum atomic E-state index is 9.57. The Morgan fingerprint density at radius 3 is 2.38 bits per heavy atom. The summed E-state index contributed by atoms with van der Waals surface area (Å²) in [6, 6.07) is 0. The Hall–Kier alpha value is -0.160. The van der Waals surface area contributed by atoms with Crippen molar-refractivity contribution in [3.05, 3.63) is 0 Å². The van der Waals surface area contributed by atoms with Crippen LogP contribution in [0.5, 0.6) is 0 Å². The van der Waals surface area contributed by atoms with Crippen LogP contribution in [0.2, 0.25) is 0 Å². The molecule has 3 N–H and O–H groups in total. The Bertz CT molecular complexity index is 153. The number of nitrogens with one attached hydrogen (secondary N) is 1. The molecule has 98 valence electrons. The third-order valence-electron chi connectivity index (χ3n) is 2.26. The summed E-state index contributed by atoms with van der Waals surface area (Å²) in [7, 11) is 0. The maximum absolute atomic E-state index is 9.57. The third-order valence-corrected chi connectivity index (χ3v) is 2.26. The van der Waals surface area contributed by atoms with E-state index in [9.17, 15) is 5.11 Å². The SMILES string of the molecule is CC(C)COCC(O)CNCC(C)CCO. The van der Waals surface area contributed by atoms with E-state index in [-0.39, 0.29) is 6.61 Å². The van der Waals surface area contributed by atoms with Crippen molar-refractivity contribution < 1.29 is 14.9 Å². The number of aliphatic hydroxyl groups is 2. The van der Waals surface area contributed by atoms with Crippen LogP contribution in [0, 0.1) is 11.8 Å². The van der Waals surface area contributed by atoms with Gasteiger partial charge in [-0.1, -0.05) is 20.8 Å². The van der Waals surface area contributed by atoms with Crippen LogP contribution in [-0.4, -0.2) is 49.2 Å². The Labute approximate surface area is 99.0 Å². The molecule has 0 aliphatic rings. The van der Waals surface area contributed by atoms with E-state index in [2.05, 4.69) is 26.1 Å². The van der Waals surface area contributed by atoms with Crippen LogP contribution in [0.25, 0.3) is 0 Å². The molecule has 0 aromatic carbocycles. The Morgan fingerprint density at radius 2 is 1.81 bits per heavy atom. The lowest BCUT2D eigenvalue weighted by molar-refractivity contribution is 0.0258. The minimum absolute atomic E-state index is 0.225. The summed E-state index contributed by atoms with van der Waals surface area (Å²) in [4.78, 5) is 0. The minimum Gasteiger partial charge on any atom is -0.396 e. The third kappa shape index (κ3) is 10.4. The van der Waals surface area contributed by atoms with E-state index in [1.165, 1.54) is 0 Å². The van der Waals surface area contributed by atoms with E-state index >= 15 is 0 Å². The maximum Gasteiger partial charge on any atom is 0.0897 e. The van der Waals surface area contributed by atoms with Gasteiger partial charge < -0.3 is 20.3 Å². The van der Waals surface area contributed by atoms with Gasteiger partial charge in [0.15, 0.2) is 0 Å². The first kappa shape index (κ1) is 15.8. The number of hydrogen-bond donors (Lipinski definition) is 3. The molecule has 0 amide bonds. The van der Waals surface area contributed by atoms with Gasteiger partial charge in [-0.25, -0.2) is 0 Å². The van der Waals surface area contributed by atoms with Crippen LogP contribution in [-0.2, 0) is 4.74 Å². The lowest BCUT2D eigenvalue weighted by atomic mass is 10.1. The molecule has 0 radical (unpaired) electrons. The first-order chi connectivity index (χ1) is 7.56. The molecule has 0 aromatic rings. The van der Waals surface area contributed by atoms with Gasteiger partial charge in [-0.3, -0.25) is 0 Å². The summed E-state index contributed by atoms with van der Waals surface area (Å²) in [6.07, 6.45) is 0.354. The van der Waals surface area contributed by atoms with Gasteiger partial charge in [0.25, 0.3) is 0 Å². The standard InChI is InChI=1S/C12H27NO3/c1-10(2)8-16-9-12(15)7-13-6-11(3)4-5-14/h10-15H,4-9H2,1-3H3. The number of aliphatic hydroxyl groups excluding tert-OH is 2. The van der Waals surface area contributed by atoms with E-state index in [4.69, 9.17) is 9.84 Å². The van der Waals surface area contributed by atoms with E-state index in [1.54, 1.807) is 0 Å². The lowest BCUT2D eigenvalue weighted by Crippen LogP contribution is -2.33. The van der Waals surface area contributed by atoms with Gasteiger partial charge in [0, 0.05) is 19.8 Å². The Morgan fingerprint density at radius 1 is 1.12 bits per heavy atom. The van der Waals surface area contributed by atoms with Crippen molar-refractivity contribution in [2.75, 3.05) is 32.9 Å². The fourth-order valence-electron chi connectivity index (χ4n) is 1.32. The topological polar surface area (TPSA) is 61.7 Å². The van der Waals surface area contributed by atoms with Crippen LogP contribution in [0.15, 0.2) is 0 Å². The van der Waals surface area contributed by atoms with Gasteiger partial charge in [-0.05, 0) is 24.8 Å². The molecule has 4 nitrogen and oxygen atoms in total. The molecule has 16 heavy (non-hydrogen) atoms. The Kier molecular flexibility index (Phi) is 9.92. The zero-order valence-corrected chi connectivity index (χ0v) is 10.8. The van der Waals surface area contributed by atoms with Gasteiger partial charge >= 0.3 is 0 Å². The molecule has 0 heterocycles. The van der Waals surface area contributed by atoms with E-state index in [0.717, 1.165) is 13.0 Å². The molecule has 2 unspecified atom stereocenters. The summed E-state index contributed by atoms with van der Waals surface area (Å²) < 4.78 is 5.33. The van der Waals surface area contributed by atoms with Gasteiger partial charge in [0.1, 0.15) is 0 Å². The quantitative estimate of drug-likeness (QED) is 0.518. The molecule has 2 atom stereocenters. The summed E-state index contributed by atoms with van der Waals surface area (Å²) in [5.41, 5.74) is 0. The van der Waals surface area contributed by atoms with Crippen molar-refractivity contribution in [1.29, 1.82) is 0 Å². The van der Waals surface area contributed by atoms with Crippen molar-refractivity contribution in [3.63, 3.8) is 0 Å². The number of hydrogen-bond acceptors (Lipinski definition) is 4. The normalized spacial score (nSPS) is 15.4. The van der Waals surface area contributed by atoms with Crippen molar-refractivity contribution in [1.82, 2.24) is 5.32 Å². The van der Waals surface area contributed by atoms with Crippen LogP contribution < -0.4 is 5.32 Å². The van der Waals surface area contributed by atoms with Crippen LogP contribution in [0.3, 0.4) is 0 Å². The fraction of sp³-hybridized carbons (Fsp3) is 1.00. The molecule has 0 bridgehead atoms. The highest BCUT2D eigenvalue weighted by Crippen LogP contribution is 1.98. The van der Waals surface area contributed by atoms with Crippen molar-refractivity contribution in [3.8, 4) is 0 Å². The van der Waals surface area contributed by atoms with Gasteiger partial charge in [-0.15, -0.1) is 0 Å². The molecular weight excluding hydrogens is 206 g/mol. The second-order valence-corrected chi connectivity index (χ2v) is 4.86. The average molecular weight is 233 g/mol. The zero-order chi connectivity index (χ0) is 12.4. The Balaban J connectivity index is 3.32. The number of ether oxygens (including phenoxy) is 1. The van der Waals surface area contributed by atoms with Crippen molar-refractivity contribution >= 4 is 0 Å². The van der Waals surface area contributed by atoms with E-state index in [1.807, 2.05) is 0 Å². The molecule has 0 rings (SSSR count). The first-order valence-electron chi connectivity index (χ1n) is 6.13. The van der Waals surface area contributed by atoms with E-state index < -0.39 is 6.10 Å². The highest BCUT2D eigenvalue weighted by atomic mass is 16.5. The van der Waals surface area contributed by atoms with Gasteiger partial charge in [-0.2, -0.15) is 0 Å². The van der Waals surface area contributed by atoms with Crippen molar-refractivity contribution in [2.24, 2.45) is 11.8 Å². The monoisotopic (exact) mass is 233 g/mol. The molecule has 0 aliphatic carbocycles. The zero-order valence-electron chi connectivity index (χ0n) is 10.8. The summed E-state index contributed by atoms with van der Waals surface area (Å²) >= 11 is 0. The molecule has 4 heteroatoms. The molecule has 0 aliphatic heterocycles. The molecule has 0 saturated carbocycles. The largest absolute Gasteiger partial charge is 0.396 e. The summed E-state index contributed by atoms with van der Waals surface area (Å²) in [5, 5.41) is 21.5. The smallest absolute Gasteiger partial charge is 0.0897 e. The predicted molar refractivity (Wildman–Crippen MR) is 65.4 cm³/mol. The second kappa shape index (κ2) is 10.0. The number of rotatable bonds is 10. The van der Waals surface area contributed by atoms with E-state index in [0.29, 0.717) is 31.6 Å². The molecule has 0 fully saturated rings. The summed E-state index contributed by atoms with van der Waals surface area (Å²) in [6.45, 7) is 8.92. The lowest BCUT2D eigenvalue weighted by Gasteiger charge is -2.15. The highest BCUT2D eigenvalue weighted by molar-refractivity contribution is 4.62. The molecular formula is C12H27NO3. The highest BCUT2D eigenvalue weighted by Gasteiger charge is 2.06. The van der Waals surface area contributed by atoms with Gasteiger partial charge in [0.05, 0.1) is 12.7 Å². The van der Waals surface area contributed by atoms with Crippen LogP contribution in [0.1, 0.15) is 27.2 Å². The van der Waals surface area contributed by atoms with Crippen LogP contribution >= 0.6 is 0 Å². The minimum atomic E-state index is -0.444. The predicted octanol–water partition coefficient (Wildman–Crippen LogP) is 0.628. The fourth-order valence-corrected chi connectivity index (χ4v) is 1.32. The van der Waals surface area contributed by atoms with Gasteiger partial charge in [0.2, 0.25) is 0 Å². The van der Waals surface area contributed by atoms with Crippen molar-refractivity contribution in [2.45, 2.75) is 33.3 Å². The molecule has 0 saturated heterocycles. The molecule has 0 aromatic heterocycles.